The maximum Gasteiger partial charge on any atom is 0.264 e. The predicted molar refractivity (Wildman–Crippen MR) is 65.6 cm³/mol. The Balaban J connectivity index is 1.83. The Morgan fingerprint density at radius 3 is 2.61 bits per heavy atom. The van der Waals surface area contributed by atoms with Crippen molar-refractivity contribution >= 4 is 10.1 Å². The Bertz CT molecular complexity index is 467. The molecule has 0 aliphatic carbocycles. The number of benzene rings is 1. The van der Waals surface area contributed by atoms with E-state index < -0.39 is 10.1 Å². The molecule has 18 heavy (non-hydrogen) atoms. The van der Waals surface area contributed by atoms with Gasteiger partial charge in [0.1, 0.15) is 12.2 Å². The molecule has 0 amide bonds. The van der Waals surface area contributed by atoms with Crippen molar-refractivity contribution < 1.29 is 22.1 Å². The summed E-state index contributed by atoms with van der Waals surface area (Å²) >= 11 is 0. The Morgan fingerprint density at radius 1 is 1.39 bits per heavy atom. The van der Waals surface area contributed by atoms with Gasteiger partial charge in [0.15, 0.2) is 0 Å². The van der Waals surface area contributed by atoms with Gasteiger partial charge in [-0.1, -0.05) is 30.3 Å². The molecule has 1 aromatic rings. The van der Waals surface area contributed by atoms with E-state index in [0.29, 0.717) is 13.2 Å². The van der Waals surface area contributed by atoms with Crippen molar-refractivity contribution in [2.75, 3.05) is 19.5 Å². The lowest BCUT2D eigenvalue weighted by atomic mass is 10.2. The molecule has 1 fully saturated rings. The van der Waals surface area contributed by atoms with Gasteiger partial charge in [-0.15, -0.1) is 0 Å². The lowest BCUT2D eigenvalue weighted by Gasteiger charge is -2.15. The van der Waals surface area contributed by atoms with Crippen molar-refractivity contribution in [2.45, 2.75) is 18.8 Å². The molecule has 0 spiro atoms. The first kappa shape index (κ1) is 13.5. The van der Waals surface area contributed by atoms with Crippen LogP contribution in [0, 0.1) is 0 Å². The number of hydrogen-bond acceptors (Lipinski definition) is 5. The quantitative estimate of drug-likeness (QED) is 0.546. The number of ether oxygens (including phenoxy) is 2. The van der Waals surface area contributed by atoms with Crippen LogP contribution in [0.1, 0.15) is 5.56 Å². The molecule has 0 aromatic heterocycles. The molecule has 1 aromatic carbocycles. The molecule has 1 saturated heterocycles. The van der Waals surface area contributed by atoms with Gasteiger partial charge in [-0.2, -0.15) is 8.42 Å². The fourth-order valence-electron chi connectivity index (χ4n) is 1.50. The first-order chi connectivity index (χ1) is 8.54. The van der Waals surface area contributed by atoms with Gasteiger partial charge in [0.05, 0.1) is 26.1 Å². The highest BCUT2D eigenvalue weighted by molar-refractivity contribution is 7.85. The van der Waals surface area contributed by atoms with Crippen molar-refractivity contribution in [3.05, 3.63) is 35.9 Å². The van der Waals surface area contributed by atoms with Gasteiger partial charge in [0, 0.05) is 0 Å². The second kappa shape index (κ2) is 5.79. The smallest absolute Gasteiger partial charge is 0.264 e. The van der Waals surface area contributed by atoms with Gasteiger partial charge in [0.25, 0.3) is 10.1 Å². The van der Waals surface area contributed by atoms with Gasteiger partial charge in [-0.05, 0) is 5.56 Å². The minimum atomic E-state index is -3.44. The molecule has 0 unspecified atom stereocenters. The number of hydrogen-bond donors (Lipinski definition) is 0. The minimum absolute atomic E-state index is 0.00364. The highest BCUT2D eigenvalue weighted by Gasteiger charge is 2.34. The van der Waals surface area contributed by atoms with Crippen LogP contribution in [0.4, 0.5) is 0 Å². The normalized spacial score (nSPS) is 20.6. The molecule has 1 aliphatic heterocycles. The highest BCUT2D eigenvalue weighted by atomic mass is 32.2. The zero-order chi connectivity index (χ0) is 13.0. The number of epoxide rings is 1. The lowest BCUT2D eigenvalue weighted by molar-refractivity contribution is -0.00517. The van der Waals surface area contributed by atoms with Crippen LogP contribution in [-0.4, -0.2) is 40.1 Å². The summed E-state index contributed by atoms with van der Waals surface area (Å²) in [6.45, 7) is 1.00. The van der Waals surface area contributed by atoms with Crippen LogP contribution >= 0.6 is 0 Å². The zero-order valence-electron chi connectivity index (χ0n) is 10.1. The minimum Gasteiger partial charge on any atom is -0.370 e. The number of rotatable bonds is 7. The van der Waals surface area contributed by atoms with Crippen LogP contribution in [0.25, 0.3) is 0 Å². The van der Waals surface area contributed by atoms with E-state index in [1.54, 1.807) is 0 Å². The molecular formula is C12H16O5S. The summed E-state index contributed by atoms with van der Waals surface area (Å²) in [7, 11) is -3.44. The van der Waals surface area contributed by atoms with Crippen LogP contribution < -0.4 is 0 Å². The van der Waals surface area contributed by atoms with Gasteiger partial charge in [-0.3, -0.25) is 4.18 Å². The standard InChI is InChI=1S/C12H16O5S/c1-18(13,14)17-9-12(11-8-16-11)15-7-10-5-3-2-4-6-10/h2-6,11-12H,7-9H2,1H3/t11-,12-/m1/s1. The van der Waals surface area contributed by atoms with Gasteiger partial charge in [-0.25, -0.2) is 0 Å². The Labute approximate surface area is 107 Å². The van der Waals surface area contributed by atoms with E-state index in [1.807, 2.05) is 30.3 Å². The molecule has 5 nitrogen and oxygen atoms in total. The zero-order valence-corrected chi connectivity index (χ0v) is 10.9. The summed E-state index contributed by atoms with van der Waals surface area (Å²) in [5.74, 6) is 0. The first-order valence-electron chi connectivity index (χ1n) is 5.66. The van der Waals surface area contributed by atoms with Crippen LogP contribution in [-0.2, 0) is 30.4 Å². The van der Waals surface area contributed by atoms with Gasteiger partial charge < -0.3 is 9.47 Å². The first-order valence-corrected chi connectivity index (χ1v) is 7.48. The second-order valence-electron chi connectivity index (χ2n) is 4.20. The largest absolute Gasteiger partial charge is 0.370 e. The van der Waals surface area contributed by atoms with E-state index in [9.17, 15) is 8.42 Å². The molecule has 1 aliphatic rings. The molecule has 100 valence electrons. The third kappa shape index (κ3) is 4.73. The summed E-state index contributed by atoms with van der Waals surface area (Å²) in [4.78, 5) is 0. The van der Waals surface area contributed by atoms with Crippen molar-refractivity contribution in [3.63, 3.8) is 0 Å². The summed E-state index contributed by atoms with van der Waals surface area (Å²) in [5.41, 5.74) is 1.03. The molecule has 6 heteroatoms. The van der Waals surface area contributed by atoms with Crippen LogP contribution in [0.2, 0.25) is 0 Å². The van der Waals surface area contributed by atoms with E-state index in [2.05, 4.69) is 0 Å². The maximum absolute atomic E-state index is 10.9. The Kier molecular flexibility index (Phi) is 4.34. The van der Waals surface area contributed by atoms with Gasteiger partial charge in [0.2, 0.25) is 0 Å². The van der Waals surface area contributed by atoms with Crippen molar-refractivity contribution in [1.82, 2.24) is 0 Å². The molecule has 0 radical (unpaired) electrons. The lowest BCUT2D eigenvalue weighted by Crippen LogP contribution is -2.27. The molecule has 2 atom stereocenters. The second-order valence-corrected chi connectivity index (χ2v) is 5.84. The summed E-state index contributed by atoms with van der Waals surface area (Å²) in [6.07, 6.45) is 0.616. The Hall–Kier alpha value is -0.950. The Morgan fingerprint density at radius 2 is 2.06 bits per heavy atom. The fourth-order valence-corrected chi connectivity index (χ4v) is 1.88. The van der Waals surface area contributed by atoms with Crippen LogP contribution in [0.5, 0.6) is 0 Å². The van der Waals surface area contributed by atoms with Crippen LogP contribution in [0.15, 0.2) is 30.3 Å². The topological polar surface area (TPSA) is 65.1 Å². The van der Waals surface area contributed by atoms with Crippen molar-refractivity contribution in [1.29, 1.82) is 0 Å². The molecule has 0 N–H and O–H groups in total. The summed E-state index contributed by atoms with van der Waals surface area (Å²) < 4.78 is 37.4. The highest BCUT2D eigenvalue weighted by Crippen LogP contribution is 2.19. The fraction of sp³-hybridized carbons (Fsp3) is 0.500. The summed E-state index contributed by atoms with van der Waals surface area (Å²) in [5, 5.41) is 0. The van der Waals surface area contributed by atoms with Crippen molar-refractivity contribution in [3.8, 4) is 0 Å². The predicted octanol–water partition coefficient (Wildman–Crippen LogP) is 0.947. The third-order valence-corrected chi connectivity index (χ3v) is 3.09. The molecule has 0 saturated carbocycles. The van der Waals surface area contributed by atoms with E-state index in [0.717, 1.165) is 11.8 Å². The van der Waals surface area contributed by atoms with Crippen LogP contribution in [0.3, 0.4) is 0 Å². The molecular weight excluding hydrogens is 256 g/mol. The van der Waals surface area contributed by atoms with E-state index >= 15 is 0 Å². The summed E-state index contributed by atoms with van der Waals surface area (Å²) in [6, 6.07) is 9.67. The van der Waals surface area contributed by atoms with E-state index in [-0.39, 0.29) is 18.8 Å². The molecule has 2 rings (SSSR count). The average molecular weight is 272 g/mol. The van der Waals surface area contributed by atoms with E-state index in [4.69, 9.17) is 13.7 Å². The SMILES string of the molecule is CS(=O)(=O)OC[C@@H](OCc1ccccc1)[C@H]1CO1. The monoisotopic (exact) mass is 272 g/mol. The average Bonchev–Trinajstić information content (AvgIpc) is 3.13. The third-order valence-electron chi connectivity index (χ3n) is 2.53. The maximum atomic E-state index is 10.9. The van der Waals surface area contributed by atoms with Gasteiger partial charge >= 0.3 is 0 Å². The molecule has 1 heterocycles. The molecule has 0 bridgehead atoms. The van der Waals surface area contributed by atoms with E-state index in [1.165, 1.54) is 0 Å². The van der Waals surface area contributed by atoms with Crippen molar-refractivity contribution in [2.24, 2.45) is 0 Å².